The molecule has 0 aliphatic carbocycles. The molecule has 8 heteroatoms. The maximum Gasteiger partial charge on any atom is 0.306 e. The summed E-state index contributed by atoms with van der Waals surface area (Å²) in [5.41, 5.74) is 1.84. The number of anilines is 1. The SMILES string of the molecule is COC(=O)CCC(=O)NC(=S)Nc1ccccc1C(=O)NCc1ccccc1. The van der Waals surface area contributed by atoms with Gasteiger partial charge in [0.2, 0.25) is 5.91 Å². The van der Waals surface area contributed by atoms with Crippen LogP contribution in [0.4, 0.5) is 5.69 Å². The molecular formula is C20H21N3O4S. The highest BCUT2D eigenvalue weighted by molar-refractivity contribution is 7.80. The first-order valence-corrected chi connectivity index (χ1v) is 8.99. The van der Waals surface area contributed by atoms with Crippen LogP contribution in [0.3, 0.4) is 0 Å². The van der Waals surface area contributed by atoms with Crippen LogP contribution >= 0.6 is 12.2 Å². The van der Waals surface area contributed by atoms with Crippen molar-refractivity contribution in [2.75, 3.05) is 12.4 Å². The minimum absolute atomic E-state index is 0.0383. The largest absolute Gasteiger partial charge is 0.469 e. The lowest BCUT2D eigenvalue weighted by Crippen LogP contribution is -2.35. The average Bonchev–Trinajstić information content (AvgIpc) is 2.71. The summed E-state index contributed by atoms with van der Waals surface area (Å²) < 4.78 is 4.49. The molecule has 0 aliphatic heterocycles. The van der Waals surface area contributed by atoms with Crippen LogP contribution in [0, 0.1) is 0 Å². The number of carbonyl (C=O) groups excluding carboxylic acids is 3. The van der Waals surface area contributed by atoms with Gasteiger partial charge in [-0.1, -0.05) is 42.5 Å². The molecule has 2 aromatic carbocycles. The van der Waals surface area contributed by atoms with Crippen LogP contribution in [-0.2, 0) is 20.9 Å². The number of hydrogen-bond acceptors (Lipinski definition) is 5. The number of carbonyl (C=O) groups is 3. The van der Waals surface area contributed by atoms with Gasteiger partial charge in [0.1, 0.15) is 0 Å². The van der Waals surface area contributed by atoms with E-state index in [1.807, 2.05) is 30.3 Å². The van der Waals surface area contributed by atoms with Crippen LogP contribution in [0.2, 0.25) is 0 Å². The van der Waals surface area contributed by atoms with E-state index in [4.69, 9.17) is 12.2 Å². The van der Waals surface area contributed by atoms with E-state index in [0.29, 0.717) is 17.8 Å². The summed E-state index contributed by atoms with van der Waals surface area (Å²) in [4.78, 5) is 35.4. The molecule has 0 saturated heterocycles. The van der Waals surface area contributed by atoms with Crippen molar-refractivity contribution in [2.24, 2.45) is 0 Å². The summed E-state index contributed by atoms with van der Waals surface area (Å²) in [5.74, 6) is -1.17. The number of amides is 2. The van der Waals surface area contributed by atoms with Crippen LogP contribution in [0.15, 0.2) is 54.6 Å². The second-order valence-corrected chi connectivity index (χ2v) is 6.20. The molecule has 0 spiro atoms. The van der Waals surface area contributed by atoms with Crippen LogP contribution in [0.5, 0.6) is 0 Å². The Morgan fingerprint density at radius 2 is 1.64 bits per heavy atom. The van der Waals surface area contributed by atoms with Gasteiger partial charge in [-0.05, 0) is 29.9 Å². The van der Waals surface area contributed by atoms with Gasteiger partial charge in [0, 0.05) is 13.0 Å². The molecule has 7 nitrogen and oxygen atoms in total. The molecule has 0 aliphatic rings. The van der Waals surface area contributed by atoms with E-state index in [9.17, 15) is 14.4 Å². The molecule has 0 aromatic heterocycles. The Morgan fingerprint density at radius 3 is 2.36 bits per heavy atom. The van der Waals surface area contributed by atoms with Gasteiger partial charge in [-0.25, -0.2) is 0 Å². The van der Waals surface area contributed by atoms with E-state index < -0.39 is 11.9 Å². The van der Waals surface area contributed by atoms with Gasteiger partial charge in [0.15, 0.2) is 5.11 Å². The number of nitrogens with one attached hydrogen (secondary N) is 3. The molecule has 0 heterocycles. The molecule has 0 atom stereocenters. The molecule has 3 N–H and O–H groups in total. The zero-order chi connectivity index (χ0) is 20.4. The van der Waals surface area contributed by atoms with Crippen molar-refractivity contribution < 1.29 is 19.1 Å². The number of para-hydroxylation sites is 1. The first-order chi connectivity index (χ1) is 13.5. The molecule has 146 valence electrons. The van der Waals surface area contributed by atoms with Gasteiger partial charge < -0.3 is 20.7 Å². The van der Waals surface area contributed by atoms with E-state index in [0.717, 1.165) is 5.56 Å². The number of hydrogen-bond donors (Lipinski definition) is 3. The normalized spacial score (nSPS) is 9.89. The summed E-state index contributed by atoms with van der Waals surface area (Å²) in [6.07, 6.45) is -0.0862. The topological polar surface area (TPSA) is 96.5 Å². The van der Waals surface area contributed by atoms with Crippen molar-refractivity contribution in [2.45, 2.75) is 19.4 Å². The van der Waals surface area contributed by atoms with Crippen molar-refractivity contribution in [3.63, 3.8) is 0 Å². The molecule has 2 rings (SSSR count). The second kappa shape index (κ2) is 10.8. The predicted octanol–water partition coefficient (Wildman–Crippen LogP) is 2.38. The zero-order valence-electron chi connectivity index (χ0n) is 15.4. The number of thiocarbonyl (C=S) groups is 1. The van der Waals surface area contributed by atoms with Gasteiger partial charge in [-0.2, -0.15) is 0 Å². The fourth-order valence-corrected chi connectivity index (χ4v) is 2.55. The third kappa shape index (κ3) is 6.81. The fourth-order valence-electron chi connectivity index (χ4n) is 2.32. The maximum atomic E-state index is 12.5. The van der Waals surface area contributed by atoms with E-state index >= 15 is 0 Å². The van der Waals surface area contributed by atoms with Crippen LogP contribution < -0.4 is 16.0 Å². The van der Waals surface area contributed by atoms with E-state index in [-0.39, 0.29) is 23.9 Å². The van der Waals surface area contributed by atoms with Gasteiger partial charge in [-0.3, -0.25) is 14.4 Å². The maximum absolute atomic E-state index is 12.5. The number of methoxy groups -OCH3 is 1. The summed E-state index contributed by atoms with van der Waals surface area (Å²) in [6.45, 7) is 0.392. The van der Waals surface area contributed by atoms with Gasteiger partial charge in [0.25, 0.3) is 5.91 Å². The first kappa shape index (κ1) is 21.0. The lowest BCUT2D eigenvalue weighted by Gasteiger charge is -2.13. The highest BCUT2D eigenvalue weighted by atomic mass is 32.1. The van der Waals surface area contributed by atoms with E-state index in [1.165, 1.54) is 7.11 Å². The van der Waals surface area contributed by atoms with Crippen molar-refractivity contribution >= 4 is 40.8 Å². The molecule has 0 unspecified atom stereocenters. The van der Waals surface area contributed by atoms with Gasteiger partial charge >= 0.3 is 5.97 Å². The molecule has 0 radical (unpaired) electrons. The molecule has 2 aromatic rings. The predicted molar refractivity (Wildman–Crippen MR) is 110 cm³/mol. The number of benzene rings is 2. The molecule has 28 heavy (non-hydrogen) atoms. The Balaban J connectivity index is 1.93. The van der Waals surface area contributed by atoms with Crippen molar-refractivity contribution in [1.29, 1.82) is 0 Å². The average molecular weight is 399 g/mol. The van der Waals surface area contributed by atoms with Crippen molar-refractivity contribution in [3.05, 3.63) is 65.7 Å². The highest BCUT2D eigenvalue weighted by Crippen LogP contribution is 2.15. The smallest absolute Gasteiger partial charge is 0.306 e. The number of ether oxygens (including phenoxy) is 1. The lowest BCUT2D eigenvalue weighted by atomic mass is 10.1. The minimum atomic E-state index is -0.477. The monoisotopic (exact) mass is 399 g/mol. The van der Waals surface area contributed by atoms with Gasteiger partial charge in [0.05, 0.1) is 24.8 Å². The Kier molecular flexibility index (Phi) is 8.11. The molecule has 0 fully saturated rings. The van der Waals surface area contributed by atoms with Crippen LogP contribution in [0.1, 0.15) is 28.8 Å². The highest BCUT2D eigenvalue weighted by Gasteiger charge is 2.13. The fraction of sp³-hybridized carbons (Fsp3) is 0.200. The molecular weight excluding hydrogens is 378 g/mol. The summed E-state index contributed by atoms with van der Waals surface area (Å²) in [5, 5.41) is 8.21. The van der Waals surface area contributed by atoms with Crippen LogP contribution in [-0.4, -0.2) is 30.0 Å². The minimum Gasteiger partial charge on any atom is -0.469 e. The summed E-state index contributed by atoms with van der Waals surface area (Å²) in [6, 6.07) is 16.4. The second-order valence-electron chi connectivity index (χ2n) is 5.79. The van der Waals surface area contributed by atoms with Crippen molar-refractivity contribution in [3.8, 4) is 0 Å². The van der Waals surface area contributed by atoms with E-state index in [2.05, 4.69) is 20.7 Å². The van der Waals surface area contributed by atoms with Crippen LogP contribution in [0.25, 0.3) is 0 Å². The Labute approximate surface area is 168 Å². The van der Waals surface area contributed by atoms with E-state index in [1.54, 1.807) is 24.3 Å². The molecule has 2 amide bonds. The van der Waals surface area contributed by atoms with Gasteiger partial charge in [-0.15, -0.1) is 0 Å². The number of rotatable bonds is 7. The Bertz CT molecular complexity index is 856. The molecule has 0 saturated carbocycles. The standard InChI is InChI=1S/C20H21N3O4S/c1-27-18(25)12-11-17(24)23-20(28)22-16-10-6-5-9-15(16)19(26)21-13-14-7-3-2-4-8-14/h2-10H,11-13H2,1H3,(H,21,26)(H2,22,23,24,28). The third-order valence-electron chi connectivity index (χ3n) is 3.75. The lowest BCUT2D eigenvalue weighted by molar-refractivity contribution is -0.142. The summed E-state index contributed by atoms with van der Waals surface area (Å²) in [7, 11) is 1.26. The summed E-state index contributed by atoms with van der Waals surface area (Å²) >= 11 is 5.12. The molecule has 0 bridgehead atoms. The quantitative estimate of drug-likeness (QED) is 0.489. The zero-order valence-corrected chi connectivity index (χ0v) is 16.2. The number of esters is 1. The third-order valence-corrected chi connectivity index (χ3v) is 3.96. The Morgan fingerprint density at radius 1 is 0.964 bits per heavy atom. The first-order valence-electron chi connectivity index (χ1n) is 8.58. The Hall–Kier alpha value is -3.26. The van der Waals surface area contributed by atoms with Crippen molar-refractivity contribution in [1.82, 2.24) is 10.6 Å².